The van der Waals surface area contributed by atoms with E-state index in [1.54, 1.807) is 13.3 Å². The number of aryl methyl sites for hydroxylation is 1. The zero-order chi connectivity index (χ0) is 14.5. The molecule has 0 aliphatic carbocycles. The zero-order valence-corrected chi connectivity index (χ0v) is 12.2. The highest BCUT2D eigenvalue weighted by atomic mass is 16.2. The Morgan fingerprint density at radius 3 is 2.80 bits per heavy atom. The summed E-state index contributed by atoms with van der Waals surface area (Å²) in [6.45, 7) is 5.58. The van der Waals surface area contributed by atoms with Crippen molar-refractivity contribution in [2.75, 3.05) is 18.0 Å². The zero-order valence-electron chi connectivity index (χ0n) is 12.2. The second-order valence-electron chi connectivity index (χ2n) is 5.28. The van der Waals surface area contributed by atoms with Crippen molar-refractivity contribution in [3.8, 4) is 0 Å². The summed E-state index contributed by atoms with van der Waals surface area (Å²) in [5, 5.41) is 2.99. The van der Waals surface area contributed by atoms with E-state index in [-0.39, 0.29) is 11.9 Å². The summed E-state index contributed by atoms with van der Waals surface area (Å²) < 4.78 is 0. The molecular formula is C14H23N5O. The Hall–Kier alpha value is -1.69. The second-order valence-corrected chi connectivity index (χ2v) is 5.28. The summed E-state index contributed by atoms with van der Waals surface area (Å²) in [6, 6.07) is 1.82. The molecule has 0 radical (unpaired) electrons. The lowest BCUT2D eigenvalue weighted by molar-refractivity contribution is -0.122. The second kappa shape index (κ2) is 6.65. The molecule has 0 saturated carbocycles. The van der Waals surface area contributed by atoms with Crippen LogP contribution in [0.1, 0.15) is 32.4 Å². The van der Waals surface area contributed by atoms with Gasteiger partial charge in [-0.25, -0.2) is 9.97 Å². The van der Waals surface area contributed by atoms with Gasteiger partial charge in [-0.1, -0.05) is 6.92 Å². The van der Waals surface area contributed by atoms with E-state index in [0.29, 0.717) is 0 Å². The molecular weight excluding hydrogens is 254 g/mol. The van der Waals surface area contributed by atoms with Gasteiger partial charge >= 0.3 is 0 Å². The molecule has 1 amide bonds. The fourth-order valence-electron chi connectivity index (χ4n) is 2.34. The molecule has 1 aromatic heterocycles. The van der Waals surface area contributed by atoms with Crippen LogP contribution in [0.5, 0.6) is 0 Å². The monoisotopic (exact) mass is 277 g/mol. The molecule has 2 heterocycles. The number of nitrogens with one attached hydrogen (secondary N) is 1. The molecule has 6 nitrogen and oxygen atoms in total. The Labute approximate surface area is 119 Å². The maximum absolute atomic E-state index is 11.6. The number of nitrogens with two attached hydrogens (primary N) is 1. The third-order valence-electron chi connectivity index (χ3n) is 3.65. The molecule has 0 bridgehead atoms. The topological polar surface area (TPSA) is 84.1 Å². The molecule has 0 aromatic carbocycles. The maximum Gasteiger partial charge on any atom is 0.236 e. The van der Waals surface area contributed by atoms with Crippen LogP contribution in [0.3, 0.4) is 0 Å². The number of nitrogens with zero attached hydrogens (tertiary/aromatic N) is 3. The molecule has 1 fully saturated rings. The van der Waals surface area contributed by atoms with E-state index in [1.807, 2.05) is 6.07 Å². The van der Waals surface area contributed by atoms with Crippen LogP contribution in [-0.2, 0) is 11.2 Å². The average molecular weight is 277 g/mol. The van der Waals surface area contributed by atoms with Crippen LogP contribution in [0.4, 0.5) is 5.82 Å². The van der Waals surface area contributed by atoms with Gasteiger partial charge in [-0.15, -0.1) is 0 Å². The highest BCUT2D eigenvalue weighted by Crippen LogP contribution is 2.18. The third-order valence-corrected chi connectivity index (χ3v) is 3.65. The summed E-state index contributed by atoms with van der Waals surface area (Å²) in [6.07, 6.45) is 4.38. The molecule has 1 aliphatic rings. The van der Waals surface area contributed by atoms with Crippen molar-refractivity contribution >= 4 is 11.7 Å². The number of carbonyl (C=O) groups excluding carboxylic acids is 1. The summed E-state index contributed by atoms with van der Waals surface area (Å²) in [7, 11) is 0. The van der Waals surface area contributed by atoms with Crippen molar-refractivity contribution in [2.45, 2.75) is 45.2 Å². The minimum absolute atomic E-state index is 0.0706. The van der Waals surface area contributed by atoms with Crippen molar-refractivity contribution in [3.05, 3.63) is 18.1 Å². The van der Waals surface area contributed by atoms with Gasteiger partial charge in [0.25, 0.3) is 0 Å². The van der Waals surface area contributed by atoms with Gasteiger partial charge in [0.05, 0.1) is 6.04 Å². The number of piperidine rings is 1. The number of aromatic nitrogens is 2. The third kappa shape index (κ3) is 3.66. The highest BCUT2D eigenvalue weighted by Gasteiger charge is 2.22. The van der Waals surface area contributed by atoms with Crippen molar-refractivity contribution in [1.29, 1.82) is 0 Å². The predicted octanol–water partition coefficient (Wildman–Crippen LogP) is 0.471. The summed E-state index contributed by atoms with van der Waals surface area (Å²) in [4.78, 5) is 22.4. The minimum Gasteiger partial charge on any atom is -0.356 e. The van der Waals surface area contributed by atoms with Crippen LogP contribution < -0.4 is 16.0 Å². The van der Waals surface area contributed by atoms with E-state index in [1.165, 1.54) is 0 Å². The Balaban J connectivity index is 1.89. The molecule has 20 heavy (non-hydrogen) atoms. The van der Waals surface area contributed by atoms with Gasteiger partial charge in [0, 0.05) is 30.9 Å². The largest absolute Gasteiger partial charge is 0.356 e. The normalized spacial score (nSPS) is 17.9. The van der Waals surface area contributed by atoms with Crippen LogP contribution in [0.2, 0.25) is 0 Å². The van der Waals surface area contributed by atoms with Gasteiger partial charge in [0.2, 0.25) is 5.91 Å². The van der Waals surface area contributed by atoms with Gasteiger partial charge < -0.3 is 16.0 Å². The van der Waals surface area contributed by atoms with Crippen LogP contribution >= 0.6 is 0 Å². The van der Waals surface area contributed by atoms with E-state index in [4.69, 9.17) is 5.73 Å². The van der Waals surface area contributed by atoms with Crippen molar-refractivity contribution < 1.29 is 4.79 Å². The predicted molar refractivity (Wildman–Crippen MR) is 78.4 cm³/mol. The van der Waals surface area contributed by atoms with Gasteiger partial charge in [0.1, 0.15) is 12.1 Å². The molecule has 3 N–H and O–H groups in total. The number of rotatable bonds is 4. The Bertz CT molecular complexity index is 455. The number of hydrogen-bond acceptors (Lipinski definition) is 5. The first-order valence-corrected chi connectivity index (χ1v) is 7.22. The van der Waals surface area contributed by atoms with E-state index < -0.39 is 6.04 Å². The SMILES string of the molecule is CCc1cc(N2CCC(NC(=O)[C@@H](C)N)CC2)ncn1. The standard InChI is InChI=1S/C14H23N5O/c1-3-11-8-13(17-9-16-11)19-6-4-12(5-7-19)18-14(20)10(2)15/h8-10,12H,3-7,15H2,1-2H3,(H,18,20)/t10-/m1/s1. The lowest BCUT2D eigenvalue weighted by Gasteiger charge is -2.33. The fraction of sp³-hybridized carbons (Fsp3) is 0.643. The first-order valence-electron chi connectivity index (χ1n) is 7.22. The fourth-order valence-corrected chi connectivity index (χ4v) is 2.34. The minimum atomic E-state index is -0.443. The van der Waals surface area contributed by atoms with Crippen molar-refractivity contribution in [2.24, 2.45) is 5.73 Å². The summed E-state index contributed by atoms with van der Waals surface area (Å²) in [5.74, 6) is 0.910. The van der Waals surface area contributed by atoms with Gasteiger partial charge in [-0.3, -0.25) is 4.79 Å². The average Bonchev–Trinajstić information content (AvgIpc) is 2.48. The Kier molecular flexibility index (Phi) is 4.89. The van der Waals surface area contributed by atoms with Crippen molar-refractivity contribution in [3.63, 3.8) is 0 Å². The molecule has 2 rings (SSSR count). The van der Waals surface area contributed by atoms with Crippen LogP contribution in [-0.4, -0.2) is 41.0 Å². The van der Waals surface area contributed by atoms with Gasteiger partial charge in [-0.05, 0) is 26.2 Å². The first kappa shape index (κ1) is 14.7. The van der Waals surface area contributed by atoms with Crippen LogP contribution in [0, 0.1) is 0 Å². The molecule has 1 atom stereocenters. The molecule has 0 unspecified atom stereocenters. The van der Waals surface area contributed by atoms with Crippen LogP contribution in [0.15, 0.2) is 12.4 Å². The number of carbonyl (C=O) groups is 1. The summed E-state index contributed by atoms with van der Waals surface area (Å²) in [5.41, 5.74) is 6.62. The quantitative estimate of drug-likeness (QED) is 0.836. The number of amides is 1. The lowest BCUT2D eigenvalue weighted by atomic mass is 10.0. The van der Waals surface area contributed by atoms with Crippen molar-refractivity contribution in [1.82, 2.24) is 15.3 Å². The van der Waals surface area contributed by atoms with E-state index in [2.05, 4.69) is 27.1 Å². The molecule has 1 saturated heterocycles. The Morgan fingerprint density at radius 1 is 1.50 bits per heavy atom. The van der Waals surface area contributed by atoms with Gasteiger partial charge in [0.15, 0.2) is 0 Å². The maximum atomic E-state index is 11.6. The first-order chi connectivity index (χ1) is 9.60. The smallest absolute Gasteiger partial charge is 0.236 e. The Morgan fingerprint density at radius 2 is 2.20 bits per heavy atom. The summed E-state index contributed by atoms with van der Waals surface area (Å²) >= 11 is 0. The van der Waals surface area contributed by atoms with Gasteiger partial charge in [-0.2, -0.15) is 0 Å². The molecule has 1 aromatic rings. The number of anilines is 1. The number of hydrogen-bond donors (Lipinski definition) is 2. The molecule has 0 spiro atoms. The van der Waals surface area contributed by atoms with E-state index in [9.17, 15) is 4.79 Å². The van der Waals surface area contributed by atoms with E-state index >= 15 is 0 Å². The molecule has 6 heteroatoms. The highest BCUT2D eigenvalue weighted by molar-refractivity contribution is 5.81. The molecule has 110 valence electrons. The van der Waals surface area contributed by atoms with Crippen LogP contribution in [0.25, 0.3) is 0 Å². The lowest BCUT2D eigenvalue weighted by Crippen LogP contribution is -2.49. The van der Waals surface area contributed by atoms with E-state index in [0.717, 1.165) is 43.9 Å². The molecule has 1 aliphatic heterocycles.